The van der Waals surface area contributed by atoms with Crippen molar-refractivity contribution in [1.29, 1.82) is 0 Å². The highest BCUT2D eigenvalue weighted by molar-refractivity contribution is 5.70. The summed E-state index contributed by atoms with van der Waals surface area (Å²) in [6.07, 6.45) is -0.446. The van der Waals surface area contributed by atoms with Crippen molar-refractivity contribution in [2.45, 2.75) is 13.0 Å². The molecular formula is C22H29N3O3. The van der Waals surface area contributed by atoms with Crippen LogP contribution < -0.4 is 14.8 Å². The average molecular weight is 383 g/mol. The van der Waals surface area contributed by atoms with Crippen LogP contribution in [0.1, 0.15) is 18.5 Å². The maximum atomic E-state index is 12.3. The molecule has 28 heavy (non-hydrogen) atoms. The van der Waals surface area contributed by atoms with E-state index < -0.39 is 6.09 Å². The Balaban J connectivity index is 1.70. The Labute approximate surface area is 167 Å². The Bertz CT molecular complexity index is 746. The minimum absolute atomic E-state index is 0.0264. The van der Waals surface area contributed by atoms with Gasteiger partial charge in [0.25, 0.3) is 0 Å². The summed E-state index contributed by atoms with van der Waals surface area (Å²) < 4.78 is 11.0. The summed E-state index contributed by atoms with van der Waals surface area (Å²) in [6, 6.07) is 17.1. The molecule has 2 aromatic carbocycles. The molecule has 1 fully saturated rings. The fourth-order valence-corrected chi connectivity index (χ4v) is 3.58. The second-order valence-electron chi connectivity index (χ2n) is 6.81. The van der Waals surface area contributed by atoms with Crippen LogP contribution in [0.5, 0.6) is 11.5 Å². The monoisotopic (exact) mass is 383 g/mol. The molecule has 1 aliphatic heterocycles. The predicted octanol–water partition coefficient (Wildman–Crippen LogP) is 3.16. The van der Waals surface area contributed by atoms with Crippen LogP contribution in [-0.4, -0.2) is 62.3 Å². The van der Waals surface area contributed by atoms with E-state index >= 15 is 0 Å². The van der Waals surface area contributed by atoms with Gasteiger partial charge in [-0.25, -0.2) is 4.79 Å². The second kappa shape index (κ2) is 10.1. The zero-order valence-electron chi connectivity index (χ0n) is 16.6. The summed E-state index contributed by atoms with van der Waals surface area (Å²) >= 11 is 0. The van der Waals surface area contributed by atoms with Crippen LogP contribution in [0.3, 0.4) is 0 Å². The standard InChI is InChI=1S/C22H29N3O3/c1-3-24-13-15-25(16-14-24)20(19-11-7-8-12-21(19)27-2)17-23-22(26)28-18-9-5-4-6-10-18/h4-12,20H,3,13-17H2,1-2H3,(H,23,26). The van der Waals surface area contributed by atoms with Crippen molar-refractivity contribution < 1.29 is 14.3 Å². The number of amides is 1. The Morgan fingerprint density at radius 2 is 1.71 bits per heavy atom. The largest absolute Gasteiger partial charge is 0.496 e. The molecule has 0 bridgehead atoms. The number of methoxy groups -OCH3 is 1. The summed E-state index contributed by atoms with van der Waals surface area (Å²) in [5.74, 6) is 1.37. The number of piperazine rings is 1. The molecule has 6 nitrogen and oxygen atoms in total. The van der Waals surface area contributed by atoms with Crippen molar-refractivity contribution in [1.82, 2.24) is 15.1 Å². The van der Waals surface area contributed by atoms with Gasteiger partial charge >= 0.3 is 6.09 Å². The van der Waals surface area contributed by atoms with Crippen molar-refractivity contribution in [3.8, 4) is 11.5 Å². The minimum atomic E-state index is -0.446. The van der Waals surface area contributed by atoms with Gasteiger partial charge in [-0.2, -0.15) is 0 Å². The highest BCUT2D eigenvalue weighted by atomic mass is 16.6. The second-order valence-corrected chi connectivity index (χ2v) is 6.81. The van der Waals surface area contributed by atoms with Gasteiger partial charge in [0.2, 0.25) is 0 Å². The Morgan fingerprint density at radius 3 is 2.39 bits per heavy atom. The van der Waals surface area contributed by atoms with Crippen LogP contribution in [-0.2, 0) is 0 Å². The van der Waals surface area contributed by atoms with Crippen molar-refractivity contribution in [3.63, 3.8) is 0 Å². The number of hydrogen-bond acceptors (Lipinski definition) is 5. The molecule has 0 aliphatic carbocycles. The molecule has 1 aliphatic rings. The topological polar surface area (TPSA) is 54.0 Å². The van der Waals surface area contributed by atoms with Crippen LogP contribution in [0.25, 0.3) is 0 Å². The number of likely N-dealkylation sites (N-methyl/N-ethyl adjacent to an activating group) is 1. The molecule has 0 saturated carbocycles. The number of ether oxygens (including phenoxy) is 2. The minimum Gasteiger partial charge on any atom is -0.496 e. The SMILES string of the molecule is CCN1CCN(C(CNC(=O)Oc2ccccc2)c2ccccc2OC)CC1. The third-order valence-electron chi connectivity index (χ3n) is 5.19. The molecular weight excluding hydrogens is 354 g/mol. The molecule has 3 rings (SSSR count). The number of rotatable bonds is 7. The van der Waals surface area contributed by atoms with Crippen molar-refractivity contribution in [2.24, 2.45) is 0 Å². The van der Waals surface area contributed by atoms with Crippen LogP contribution in [0.15, 0.2) is 54.6 Å². The van der Waals surface area contributed by atoms with E-state index in [4.69, 9.17) is 9.47 Å². The van der Waals surface area contributed by atoms with Gasteiger partial charge in [-0.05, 0) is 24.7 Å². The molecule has 1 N–H and O–H groups in total. The van der Waals surface area contributed by atoms with Gasteiger partial charge in [-0.15, -0.1) is 0 Å². The Kier molecular flexibility index (Phi) is 7.28. The molecule has 1 heterocycles. The molecule has 0 spiro atoms. The quantitative estimate of drug-likeness (QED) is 0.796. The fourth-order valence-electron chi connectivity index (χ4n) is 3.58. The number of benzene rings is 2. The van der Waals surface area contributed by atoms with Crippen molar-refractivity contribution in [3.05, 3.63) is 60.2 Å². The van der Waals surface area contributed by atoms with Gasteiger partial charge in [-0.1, -0.05) is 43.3 Å². The fraction of sp³-hybridized carbons (Fsp3) is 0.409. The first-order valence-corrected chi connectivity index (χ1v) is 9.81. The molecule has 150 valence electrons. The summed E-state index contributed by atoms with van der Waals surface area (Å²) in [4.78, 5) is 17.1. The molecule has 1 saturated heterocycles. The maximum Gasteiger partial charge on any atom is 0.412 e. The molecule has 1 unspecified atom stereocenters. The number of carbonyl (C=O) groups is 1. The summed E-state index contributed by atoms with van der Waals surface area (Å²) in [5, 5.41) is 2.93. The molecule has 1 atom stereocenters. The molecule has 2 aromatic rings. The summed E-state index contributed by atoms with van der Waals surface area (Å²) in [6.45, 7) is 7.66. The first-order valence-electron chi connectivity index (χ1n) is 9.81. The van der Waals surface area contributed by atoms with Crippen LogP contribution in [0.2, 0.25) is 0 Å². The number of nitrogens with one attached hydrogen (secondary N) is 1. The summed E-state index contributed by atoms with van der Waals surface area (Å²) in [7, 11) is 1.68. The van der Waals surface area contributed by atoms with E-state index in [2.05, 4.69) is 28.1 Å². The van der Waals surface area contributed by atoms with E-state index in [-0.39, 0.29) is 6.04 Å². The highest BCUT2D eigenvalue weighted by Gasteiger charge is 2.27. The lowest BCUT2D eigenvalue weighted by atomic mass is 10.0. The van der Waals surface area contributed by atoms with E-state index in [1.54, 1.807) is 19.2 Å². The number of carbonyl (C=O) groups excluding carboxylic acids is 1. The van der Waals surface area contributed by atoms with Crippen molar-refractivity contribution >= 4 is 6.09 Å². The van der Waals surface area contributed by atoms with Gasteiger partial charge < -0.3 is 19.7 Å². The third-order valence-corrected chi connectivity index (χ3v) is 5.19. The molecule has 0 aromatic heterocycles. The first-order chi connectivity index (χ1) is 13.7. The lowest BCUT2D eigenvalue weighted by molar-refractivity contribution is 0.0966. The van der Waals surface area contributed by atoms with E-state index in [0.717, 1.165) is 44.0 Å². The number of nitrogens with zero attached hydrogens (tertiary/aromatic N) is 2. The van der Waals surface area contributed by atoms with Crippen LogP contribution >= 0.6 is 0 Å². The lowest BCUT2D eigenvalue weighted by Gasteiger charge is -2.39. The lowest BCUT2D eigenvalue weighted by Crippen LogP contribution is -2.49. The van der Waals surface area contributed by atoms with E-state index in [1.807, 2.05) is 36.4 Å². The Morgan fingerprint density at radius 1 is 1.04 bits per heavy atom. The van der Waals surface area contributed by atoms with E-state index in [0.29, 0.717) is 12.3 Å². The normalized spacial score (nSPS) is 16.4. The average Bonchev–Trinajstić information content (AvgIpc) is 2.75. The maximum absolute atomic E-state index is 12.3. The van der Waals surface area contributed by atoms with E-state index in [1.165, 1.54) is 0 Å². The first kappa shape index (κ1) is 20.2. The van der Waals surface area contributed by atoms with Crippen molar-refractivity contribution in [2.75, 3.05) is 46.4 Å². The van der Waals surface area contributed by atoms with Gasteiger partial charge in [0.05, 0.1) is 13.2 Å². The van der Waals surface area contributed by atoms with Gasteiger partial charge in [0.15, 0.2) is 0 Å². The van der Waals surface area contributed by atoms with E-state index in [9.17, 15) is 4.79 Å². The predicted molar refractivity (Wildman–Crippen MR) is 110 cm³/mol. The molecule has 1 amide bonds. The summed E-state index contributed by atoms with van der Waals surface area (Å²) in [5.41, 5.74) is 1.08. The number of hydrogen-bond donors (Lipinski definition) is 1. The zero-order valence-corrected chi connectivity index (χ0v) is 16.6. The molecule has 6 heteroatoms. The van der Waals surface area contributed by atoms with Gasteiger partial charge in [-0.3, -0.25) is 4.90 Å². The van der Waals surface area contributed by atoms with Crippen LogP contribution in [0.4, 0.5) is 4.79 Å². The third kappa shape index (κ3) is 5.24. The smallest absolute Gasteiger partial charge is 0.412 e. The Hall–Kier alpha value is -2.57. The zero-order chi connectivity index (χ0) is 19.8. The van der Waals surface area contributed by atoms with Gasteiger partial charge in [0.1, 0.15) is 11.5 Å². The number of para-hydroxylation sites is 2. The van der Waals surface area contributed by atoms with Crippen LogP contribution in [0, 0.1) is 0 Å². The highest BCUT2D eigenvalue weighted by Crippen LogP contribution is 2.29. The van der Waals surface area contributed by atoms with Gasteiger partial charge in [0, 0.05) is 38.3 Å². The molecule has 0 radical (unpaired) electrons.